The molecule has 3 rings (SSSR count). The number of hydrogen-bond donors (Lipinski definition) is 1. The van der Waals surface area contributed by atoms with Crippen molar-refractivity contribution >= 4 is 21.4 Å². The molecule has 0 atom stereocenters. The standard InChI is InChI=1S/C14H12F2N2O2S/c15-10-6-11(16)8-12(7-10)21(19,20)18-5-4-9-2-1-3-13(17)14(9)18/h1-3,6-8H,4-5,17H2. The maximum Gasteiger partial charge on any atom is 0.264 e. The van der Waals surface area contributed by atoms with Crippen LogP contribution in [-0.2, 0) is 16.4 Å². The summed E-state index contributed by atoms with van der Waals surface area (Å²) in [6, 6.07) is 7.36. The Balaban J connectivity index is 2.14. The minimum absolute atomic E-state index is 0.198. The third kappa shape index (κ3) is 2.23. The van der Waals surface area contributed by atoms with Crippen molar-refractivity contribution in [2.45, 2.75) is 11.3 Å². The first-order valence-electron chi connectivity index (χ1n) is 6.26. The predicted octanol–water partition coefficient (Wildman–Crippen LogP) is 2.30. The highest BCUT2D eigenvalue weighted by atomic mass is 32.2. The number of halogens is 2. The molecule has 0 unspecified atom stereocenters. The summed E-state index contributed by atoms with van der Waals surface area (Å²) in [6.07, 6.45) is 0.511. The third-order valence-corrected chi connectivity index (χ3v) is 5.19. The number of sulfonamides is 1. The van der Waals surface area contributed by atoms with Crippen LogP contribution in [0, 0.1) is 11.6 Å². The lowest BCUT2D eigenvalue weighted by atomic mass is 10.1. The molecule has 2 aromatic rings. The zero-order chi connectivity index (χ0) is 15.2. The number of nitrogen functional groups attached to an aromatic ring is 1. The van der Waals surface area contributed by atoms with Crippen LogP contribution >= 0.6 is 0 Å². The normalized spacial score (nSPS) is 14.3. The molecule has 1 heterocycles. The van der Waals surface area contributed by atoms with Crippen molar-refractivity contribution in [1.82, 2.24) is 0 Å². The van der Waals surface area contributed by atoms with E-state index in [1.165, 1.54) is 0 Å². The average Bonchev–Trinajstić information content (AvgIpc) is 2.83. The van der Waals surface area contributed by atoms with Gasteiger partial charge in [0.2, 0.25) is 0 Å². The lowest BCUT2D eigenvalue weighted by Crippen LogP contribution is -2.29. The first-order chi connectivity index (χ1) is 9.89. The monoisotopic (exact) mass is 310 g/mol. The van der Waals surface area contributed by atoms with Crippen LogP contribution in [0.25, 0.3) is 0 Å². The highest BCUT2D eigenvalue weighted by Crippen LogP contribution is 2.37. The van der Waals surface area contributed by atoms with E-state index in [0.29, 0.717) is 23.9 Å². The van der Waals surface area contributed by atoms with Gasteiger partial charge in [-0.15, -0.1) is 0 Å². The molecule has 2 aromatic carbocycles. The molecule has 0 saturated heterocycles. The number of anilines is 2. The van der Waals surface area contributed by atoms with Gasteiger partial charge in [-0.05, 0) is 30.2 Å². The van der Waals surface area contributed by atoms with E-state index in [-0.39, 0.29) is 6.54 Å². The number of hydrogen-bond acceptors (Lipinski definition) is 3. The second-order valence-corrected chi connectivity index (χ2v) is 6.65. The summed E-state index contributed by atoms with van der Waals surface area (Å²) in [7, 11) is -4.05. The molecule has 0 spiro atoms. The average molecular weight is 310 g/mol. The van der Waals surface area contributed by atoms with Gasteiger partial charge in [-0.1, -0.05) is 12.1 Å². The maximum atomic E-state index is 13.3. The summed E-state index contributed by atoms with van der Waals surface area (Å²) in [4.78, 5) is -0.420. The first-order valence-corrected chi connectivity index (χ1v) is 7.70. The Morgan fingerprint density at radius 2 is 1.76 bits per heavy atom. The van der Waals surface area contributed by atoms with Crippen molar-refractivity contribution in [1.29, 1.82) is 0 Å². The smallest absolute Gasteiger partial charge is 0.264 e. The van der Waals surface area contributed by atoms with Gasteiger partial charge in [-0.2, -0.15) is 0 Å². The first kappa shape index (κ1) is 13.8. The van der Waals surface area contributed by atoms with Gasteiger partial charge in [-0.25, -0.2) is 17.2 Å². The maximum absolute atomic E-state index is 13.3. The number of rotatable bonds is 2. The largest absolute Gasteiger partial charge is 0.397 e. The minimum Gasteiger partial charge on any atom is -0.397 e. The molecule has 0 saturated carbocycles. The van der Waals surface area contributed by atoms with Crippen molar-refractivity contribution in [3.8, 4) is 0 Å². The molecule has 0 radical (unpaired) electrons. The molecular formula is C14H12F2N2O2S. The summed E-state index contributed by atoms with van der Waals surface area (Å²) >= 11 is 0. The second-order valence-electron chi connectivity index (χ2n) is 4.79. The molecule has 2 N–H and O–H groups in total. The van der Waals surface area contributed by atoms with Gasteiger partial charge in [0.1, 0.15) is 11.6 Å². The van der Waals surface area contributed by atoms with E-state index in [9.17, 15) is 17.2 Å². The molecule has 1 aliphatic rings. The fourth-order valence-corrected chi connectivity index (χ4v) is 4.07. The topological polar surface area (TPSA) is 63.4 Å². The number of fused-ring (bicyclic) bond motifs is 1. The van der Waals surface area contributed by atoms with E-state index in [4.69, 9.17) is 5.73 Å². The molecule has 1 aliphatic heterocycles. The lowest BCUT2D eigenvalue weighted by Gasteiger charge is -2.21. The fraction of sp³-hybridized carbons (Fsp3) is 0.143. The predicted molar refractivity (Wildman–Crippen MR) is 75.4 cm³/mol. The van der Waals surface area contributed by atoms with Crippen LogP contribution in [0.3, 0.4) is 0 Å². The second kappa shape index (κ2) is 4.70. The molecular weight excluding hydrogens is 298 g/mol. The van der Waals surface area contributed by atoms with Crippen molar-refractivity contribution in [2.75, 3.05) is 16.6 Å². The van der Waals surface area contributed by atoms with Crippen molar-refractivity contribution in [2.24, 2.45) is 0 Å². The van der Waals surface area contributed by atoms with E-state index in [1.807, 2.05) is 0 Å². The van der Waals surface area contributed by atoms with Gasteiger partial charge < -0.3 is 5.73 Å². The van der Waals surface area contributed by atoms with Crippen LogP contribution in [0.1, 0.15) is 5.56 Å². The zero-order valence-corrected chi connectivity index (χ0v) is 11.7. The van der Waals surface area contributed by atoms with E-state index < -0.39 is 26.6 Å². The molecule has 110 valence electrons. The minimum atomic E-state index is -4.05. The van der Waals surface area contributed by atoms with E-state index in [0.717, 1.165) is 22.0 Å². The Labute approximate surface area is 120 Å². The van der Waals surface area contributed by atoms with E-state index in [1.54, 1.807) is 18.2 Å². The van der Waals surface area contributed by atoms with Gasteiger partial charge in [-0.3, -0.25) is 4.31 Å². The lowest BCUT2D eigenvalue weighted by molar-refractivity contribution is 0.566. The summed E-state index contributed by atoms with van der Waals surface area (Å²) < 4.78 is 52.8. The fourth-order valence-electron chi connectivity index (χ4n) is 2.50. The summed E-state index contributed by atoms with van der Waals surface area (Å²) in [6.45, 7) is 0.198. The quantitative estimate of drug-likeness (QED) is 0.866. The summed E-state index contributed by atoms with van der Waals surface area (Å²) in [5.41, 5.74) is 7.36. The van der Waals surface area contributed by atoms with Crippen LogP contribution < -0.4 is 10.0 Å². The third-order valence-electron chi connectivity index (χ3n) is 3.41. The van der Waals surface area contributed by atoms with Gasteiger partial charge in [0, 0.05) is 12.6 Å². The van der Waals surface area contributed by atoms with Crippen molar-refractivity contribution in [3.05, 3.63) is 53.6 Å². The highest BCUT2D eigenvalue weighted by molar-refractivity contribution is 7.92. The Kier molecular flexibility index (Phi) is 3.09. The number of benzene rings is 2. The zero-order valence-electron chi connectivity index (χ0n) is 10.9. The van der Waals surface area contributed by atoms with Crippen LogP contribution in [0.5, 0.6) is 0 Å². The Morgan fingerprint density at radius 1 is 1.10 bits per heavy atom. The van der Waals surface area contributed by atoms with Gasteiger partial charge in [0.15, 0.2) is 0 Å². The van der Waals surface area contributed by atoms with Crippen LogP contribution in [0.4, 0.5) is 20.2 Å². The van der Waals surface area contributed by atoms with Gasteiger partial charge >= 0.3 is 0 Å². The molecule has 0 bridgehead atoms. The Morgan fingerprint density at radius 3 is 2.43 bits per heavy atom. The van der Waals surface area contributed by atoms with Crippen molar-refractivity contribution in [3.63, 3.8) is 0 Å². The molecule has 7 heteroatoms. The number of para-hydroxylation sites is 1. The molecule has 0 amide bonds. The molecule has 4 nitrogen and oxygen atoms in total. The van der Waals surface area contributed by atoms with Gasteiger partial charge in [0.05, 0.1) is 16.3 Å². The summed E-state index contributed by atoms with van der Waals surface area (Å²) in [5, 5.41) is 0. The van der Waals surface area contributed by atoms with E-state index in [2.05, 4.69) is 0 Å². The number of nitrogens with two attached hydrogens (primary N) is 1. The molecule has 0 aliphatic carbocycles. The number of nitrogens with zero attached hydrogens (tertiary/aromatic N) is 1. The van der Waals surface area contributed by atoms with E-state index >= 15 is 0 Å². The van der Waals surface area contributed by atoms with Crippen molar-refractivity contribution < 1.29 is 17.2 Å². The molecule has 0 aromatic heterocycles. The van der Waals surface area contributed by atoms with Crippen LogP contribution in [-0.4, -0.2) is 15.0 Å². The Hall–Kier alpha value is -2.15. The highest BCUT2D eigenvalue weighted by Gasteiger charge is 2.32. The van der Waals surface area contributed by atoms with Crippen LogP contribution in [0.15, 0.2) is 41.3 Å². The van der Waals surface area contributed by atoms with Crippen LogP contribution in [0.2, 0.25) is 0 Å². The SMILES string of the molecule is Nc1cccc2c1N(S(=O)(=O)c1cc(F)cc(F)c1)CC2. The summed E-state index contributed by atoms with van der Waals surface area (Å²) in [5.74, 6) is -1.87. The Bertz CT molecular complexity index is 801. The van der Waals surface area contributed by atoms with Gasteiger partial charge in [0.25, 0.3) is 10.0 Å². The molecule has 0 fully saturated rings. The molecule has 21 heavy (non-hydrogen) atoms.